The second-order valence-electron chi connectivity index (χ2n) is 9.05. The Morgan fingerprint density at radius 1 is 1.18 bits per heavy atom. The van der Waals surface area contributed by atoms with Gasteiger partial charge in [-0.2, -0.15) is 0 Å². The summed E-state index contributed by atoms with van der Waals surface area (Å²) in [7, 11) is -1.41. The number of ether oxygens (including phenoxy) is 3. The average molecular weight is 569 g/mol. The molecule has 0 radical (unpaired) electrons. The predicted molar refractivity (Wildman–Crippen MR) is 149 cm³/mol. The van der Waals surface area contributed by atoms with Crippen LogP contribution in [0.15, 0.2) is 64.7 Å². The molecule has 3 heterocycles. The molecule has 0 saturated heterocycles. The number of aromatic amines is 1. The van der Waals surface area contributed by atoms with Crippen molar-refractivity contribution in [2.45, 2.75) is 30.1 Å². The maximum absolute atomic E-state index is 11.9. The Labute approximate surface area is 230 Å². The van der Waals surface area contributed by atoms with Crippen LogP contribution in [0.1, 0.15) is 24.9 Å². The van der Waals surface area contributed by atoms with Crippen molar-refractivity contribution < 1.29 is 27.4 Å². The van der Waals surface area contributed by atoms with Gasteiger partial charge in [0.1, 0.15) is 34.7 Å². The van der Waals surface area contributed by atoms with Crippen molar-refractivity contribution in [3.05, 3.63) is 66.4 Å². The second kappa shape index (κ2) is 11.1. The molecular formula is C27H28N4O6S2. The number of aryl methyl sites for hydroxylation is 1. The molecule has 0 aliphatic carbocycles. The van der Waals surface area contributed by atoms with Crippen LogP contribution in [0.5, 0.6) is 17.2 Å². The first-order chi connectivity index (χ1) is 18.7. The minimum absolute atomic E-state index is 0.0263. The van der Waals surface area contributed by atoms with Crippen molar-refractivity contribution in [3.63, 3.8) is 0 Å². The normalized spacial score (nSPS) is 15.4. The summed E-state index contributed by atoms with van der Waals surface area (Å²) in [5.41, 5.74) is 1.59. The Hall–Kier alpha value is -3.77. The molecule has 39 heavy (non-hydrogen) atoms. The Bertz CT molecular complexity index is 1640. The van der Waals surface area contributed by atoms with Gasteiger partial charge in [-0.3, -0.25) is 9.79 Å². The SMILES string of the molecule is CCOC(=O)CC1CN=C(c2cc3cc(Oc4ccc(S(C)(=O)=O)cc4)cc(OCc4nccn4C)c3[nH]2)S1. The lowest BCUT2D eigenvalue weighted by Gasteiger charge is -2.11. The van der Waals surface area contributed by atoms with Gasteiger partial charge in [0.25, 0.3) is 0 Å². The van der Waals surface area contributed by atoms with Crippen LogP contribution in [0, 0.1) is 0 Å². The van der Waals surface area contributed by atoms with E-state index in [1.54, 1.807) is 43.1 Å². The molecule has 2 aromatic heterocycles. The number of imidazole rings is 1. The Morgan fingerprint density at radius 2 is 1.97 bits per heavy atom. The molecule has 2 aromatic carbocycles. The van der Waals surface area contributed by atoms with Crippen LogP contribution in [0.25, 0.3) is 10.9 Å². The van der Waals surface area contributed by atoms with E-state index in [1.165, 1.54) is 12.1 Å². The first-order valence-electron chi connectivity index (χ1n) is 12.3. The predicted octanol–water partition coefficient (Wildman–Crippen LogP) is 4.49. The fraction of sp³-hybridized carbons (Fsp3) is 0.296. The first-order valence-corrected chi connectivity index (χ1v) is 15.1. The zero-order chi connectivity index (χ0) is 27.6. The van der Waals surface area contributed by atoms with Crippen molar-refractivity contribution >= 4 is 43.5 Å². The number of rotatable bonds is 10. The summed E-state index contributed by atoms with van der Waals surface area (Å²) in [5.74, 6) is 2.12. The standard InChI is InChI=1S/C27H28N4O6S2/c1-4-35-25(32)14-20-15-29-27(38-20)22-12-17-11-19(37-18-5-7-21(8-6-18)39(3,33)34)13-23(26(17)30-22)36-16-24-28-9-10-31(24)2/h5-13,20,30H,4,14-16H2,1-3H3. The van der Waals surface area contributed by atoms with Crippen molar-refractivity contribution in [1.82, 2.24) is 14.5 Å². The lowest BCUT2D eigenvalue weighted by molar-refractivity contribution is -0.143. The number of thioether (sulfide) groups is 1. The maximum Gasteiger partial charge on any atom is 0.306 e. The molecule has 0 saturated carbocycles. The summed E-state index contributed by atoms with van der Waals surface area (Å²) in [6, 6.07) is 11.9. The Balaban J connectivity index is 1.42. The van der Waals surface area contributed by atoms with Crippen LogP contribution >= 0.6 is 11.8 Å². The molecule has 12 heteroatoms. The largest absolute Gasteiger partial charge is 0.483 e. The van der Waals surface area contributed by atoms with Crippen molar-refractivity contribution in [2.24, 2.45) is 12.0 Å². The Kier molecular flexibility index (Phi) is 7.67. The van der Waals surface area contributed by atoms with Crippen LogP contribution in [-0.2, 0) is 33.0 Å². The van der Waals surface area contributed by atoms with Gasteiger partial charge in [-0.05, 0) is 43.3 Å². The molecular weight excluding hydrogens is 540 g/mol. The molecule has 0 amide bonds. The van der Waals surface area contributed by atoms with E-state index in [2.05, 4.69) is 15.0 Å². The van der Waals surface area contributed by atoms with Gasteiger partial charge in [0.15, 0.2) is 9.84 Å². The molecule has 0 fully saturated rings. The molecule has 1 unspecified atom stereocenters. The van der Waals surface area contributed by atoms with Crippen LogP contribution in [0.2, 0.25) is 0 Å². The van der Waals surface area contributed by atoms with E-state index in [-0.39, 0.29) is 22.7 Å². The molecule has 1 N–H and O–H groups in total. The average Bonchev–Trinajstić information content (AvgIpc) is 3.62. The number of H-pyrrole nitrogens is 1. The summed E-state index contributed by atoms with van der Waals surface area (Å²) in [5, 5.41) is 1.69. The van der Waals surface area contributed by atoms with Crippen molar-refractivity contribution in [3.8, 4) is 17.2 Å². The second-order valence-corrected chi connectivity index (χ2v) is 12.4. The number of nitrogens with zero attached hydrogens (tertiary/aromatic N) is 3. The van der Waals surface area contributed by atoms with Gasteiger partial charge >= 0.3 is 5.97 Å². The highest BCUT2D eigenvalue weighted by molar-refractivity contribution is 8.15. The minimum Gasteiger partial charge on any atom is -0.483 e. The molecule has 1 aliphatic rings. The third-order valence-corrected chi connectivity index (χ3v) is 8.43. The number of nitrogens with one attached hydrogen (secondary N) is 1. The summed E-state index contributed by atoms with van der Waals surface area (Å²) in [6.07, 6.45) is 5.03. The molecule has 1 aliphatic heterocycles. The van der Waals surface area contributed by atoms with Gasteiger partial charge in [0.2, 0.25) is 0 Å². The lowest BCUT2D eigenvalue weighted by atomic mass is 10.2. The quantitative estimate of drug-likeness (QED) is 0.278. The Morgan fingerprint density at radius 3 is 2.67 bits per heavy atom. The van der Waals surface area contributed by atoms with Crippen LogP contribution in [0.3, 0.4) is 0 Å². The topological polar surface area (TPSA) is 125 Å². The number of benzene rings is 2. The van der Waals surface area contributed by atoms with Gasteiger partial charge in [0.05, 0.1) is 35.7 Å². The van der Waals surface area contributed by atoms with Gasteiger partial charge in [-0.1, -0.05) is 11.8 Å². The number of aliphatic imine (C=N–C) groups is 1. The van der Waals surface area contributed by atoms with E-state index >= 15 is 0 Å². The molecule has 5 rings (SSSR count). The first kappa shape index (κ1) is 26.8. The smallest absolute Gasteiger partial charge is 0.306 e. The molecule has 4 aromatic rings. The lowest BCUT2D eigenvalue weighted by Crippen LogP contribution is -2.14. The highest BCUT2D eigenvalue weighted by atomic mass is 32.2. The van der Waals surface area contributed by atoms with E-state index < -0.39 is 9.84 Å². The number of esters is 1. The van der Waals surface area contributed by atoms with Gasteiger partial charge in [-0.25, -0.2) is 13.4 Å². The van der Waals surface area contributed by atoms with Gasteiger partial charge in [0, 0.05) is 42.4 Å². The summed E-state index contributed by atoms with van der Waals surface area (Å²) >= 11 is 1.55. The summed E-state index contributed by atoms with van der Waals surface area (Å²) in [4.78, 5) is 24.5. The number of aromatic nitrogens is 3. The number of carbonyl (C=O) groups excluding carboxylic acids is 1. The number of carbonyl (C=O) groups is 1. The number of fused-ring (bicyclic) bond motifs is 1. The molecule has 10 nitrogen and oxygen atoms in total. The summed E-state index contributed by atoms with van der Waals surface area (Å²) < 4.78 is 42.8. The molecule has 0 bridgehead atoms. The van der Waals surface area contributed by atoms with E-state index in [9.17, 15) is 13.2 Å². The minimum atomic E-state index is -3.31. The van der Waals surface area contributed by atoms with Crippen molar-refractivity contribution in [2.75, 3.05) is 19.4 Å². The maximum atomic E-state index is 11.9. The fourth-order valence-electron chi connectivity index (χ4n) is 4.12. The highest BCUT2D eigenvalue weighted by Crippen LogP contribution is 2.36. The number of sulfone groups is 1. The van der Waals surface area contributed by atoms with E-state index in [4.69, 9.17) is 14.2 Å². The van der Waals surface area contributed by atoms with Crippen molar-refractivity contribution in [1.29, 1.82) is 0 Å². The number of hydrogen-bond donors (Lipinski definition) is 1. The highest BCUT2D eigenvalue weighted by Gasteiger charge is 2.25. The molecule has 0 spiro atoms. The molecule has 1 atom stereocenters. The third kappa shape index (κ3) is 6.28. The van der Waals surface area contributed by atoms with Crippen LogP contribution < -0.4 is 9.47 Å². The number of hydrogen-bond acceptors (Lipinski definition) is 9. The summed E-state index contributed by atoms with van der Waals surface area (Å²) in [6.45, 7) is 2.94. The zero-order valence-corrected chi connectivity index (χ0v) is 23.3. The van der Waals surface area contributed by atoms with E-state index in [1.807, 2.05) is 29.9 Å². The third-order valence-electron chi connectivity index (χ3n) is 6.08. The van der Waals surface area contributed by atoms with Crippen LogP contribution in [-0.4, -0.2) is 58.6 Å². The van der Waals surface area contributed by atoms with E-state index in [0.29, 0.717) is 36.8 Å². The zero-order valence-electron chi connectivity index (χ0n) is 21.7. The monoisotopic (exact) mass is 568 g/mol. The van der Waals surface area contributed by atoms with E-state index in [0.717, 1.165) is 33.7 Å². The molecule has 204 valence electrons. The van der Waals surface area contributed by atoms with Gasteiger partial charge in [-0.15, -0.1) is 0 Å². The van der Waals surface area contributed by atoms with Gasteiger partial charge < -0.3 is 23.8 Å². The fourth-order valence-corrected chi connectivity index (χ4v) is 5.82. The van der Waals surface area contributed by atoms with Crippen LogP contribution in [0.4, 0.5) is 0 Å².